The van der Waals surface area contributed by atoms with Crippen molar-refractivity contribution >= 4 is 0 Å². The molecule has 0 radical (unpaired) electrons. The molecule has 17 heavy (non-hydrogen) atoms. The second-order valence-corrected chi connectivity index (χ2v) is 3.61. The van der Waals surface area contributed by atoms with E-state index in [-0.39, 0.29) is 17.4 Å². The molecule has 2 aromatic rings. The van der Waals surface area contributed by atoms with E-state index in [9.17, 15) is 4.39 Å². The van der Waals surface area contributed by atoms with Crippen molar-refractivity contribution in [2.75, 3.05) is 0 Å². The Labute approximate surface area is 98.5 Å². The summed E-state index contributed by atoms with van der Waals surface area (Å²) in [7, 11) is 0. The van der Waals surface area contributed by atoms with E-state index in [1.165, 1.54) is 12.1 Å². The van der Waals surface area contributed by atoms with Gasteiger partial charge in [-0.05, 0) is 31.2 Å². The Balaban J connectivity index is 2.25. The van der Waals surface area contributed by atoms with Crippen LogP contribution in [-0.2, 0) is 0 Å². The number of halogens is 1. The molecule has 0 bridgehead atoms. The number of aromatic nitrogens is 1. The van der Waals surface area contributed by atoms with Crippen LogP contribution in [-0.4, -0.2) is 4.98 Å². The second-order valence-electron chi connectivity index (χ2n) is 3.61. The fourth-order valence-corrected chi connectivity index (χ4v) is 1.56. The minimum Gasteiger partial charge on any atom is -0.483 e. The molecule has 1 N–H and O–H groups in total. The minimum absolute atomic E-state index is 0.0640. The summed E-state index contributed by atoms with van der Waals surface area (Å²) in [6, 6.07) is 9.87. The third-order valence-corrected chi connectivity index (χ3v) is 2.45. The van der Waals surface area contributed by atoms with Gasteiger partial charge >= 0.3 is 0 Å². The lowest BCUT2D eigenvalue weighted by atomic mass is 10.2. The van der Waals surface area contributed by atoms with Crippen LogP contribution in [0.15, 0.2) is 36.5 Å². The molecular formula is C13H11FN2O. The van der Waals surface area contributed by atoms with Gasteiger partial charge in [0.1, 0.15) is 29.3 Å². The summed E-state index contributed by atoms with van der Waals surface area (Å²) in [6.45, 7) is 1.83. The molecule has 0 saturated carbocycles. The first-order valence-electron chi connectivity index (χ1n) is 5.21. The number of hydrogen-bond donors (Lipinski definition) is 1. The summed E-state index contributed by atoms with van der Waals surface area (Å²) < 4.78 is 18.9. The van der Waals surface area contributed by atoms with Crippen LogP contribution in [0.2, 0.25) is 0 Å². The maximum absolute atomic E-state index is 13.3. The number of benzene rings is 1. The highest BCUT2D eigenvalue weighted by molar-refractivity contribution is 5.44. The lowest BCUT2D eigenvalue weighted by Gasteiger charge is -2.14. The van der Waals surface area contributed by atoms with Gasteiger partial charge < -0.3 is 9.72 Å². The zero-order chi connectivity index (χ0) is 12.3. The number of rotatable bonds is 3. The molecule has 0 spiro atoms. The van der Waals surface area contributed by atoms with Crippen LogP contribution >= 0.6 is 0 Å². The largest absolute Gasteiger partial charge is 0.483 e. The third kappa shape index (κ3) is 2.28. The Morgan fingerprint density at radius 2 is 2.18 bits per heavy atom. The molecule has 0 fully saturated rings. The molecule has 2 rings (SSSR count). The van der Waals surface area contributed by atoms with E-state index in [0.29, 0.717) is 0 Å². The minimum atomic E-state index is -0.566. The maximum Gasteiger partial charge on any atom is 0.144 e. The van der Waals surface area contributed by atoms with Crippen LogP contribution in [0.3, 0.4) is 0 Å². The van der Waals surface area contributed by atoms with Gasteiger partial charge in [-0.1, -0.05) is 6.07 Å². The van der Waals surface area contributed by atoms with Crippen molar-refractivity contribution in [2.24, 2.45) is 0 Å². The van der Waals surface area contributed by atoms with Gasteiger partial charge in [0.2, 0.25) is 0 Å². The molecule has 1 unspecified atom stereocenters. The topological polar surface area (TPSA) is 48.8 Å². The van der Waals surface area contributed by atoms with Gasteiger partial charge in [-0.2, -0.15) is 5.26 Å². The molecule has 1 heterocycles. The highest BCUT2D eigenvalue weighted by atomic mass is 19.1. The quantitative estimate of drug-likeness (QED) is 0.880. The molecule has 0 aliphatic heterocycles. The van der Waals surface area contributed by atoms with E-state index >= 15 is 0 Å². The van der Waals surface area contributed by atoms with Crippen LogP contribution in [0.4, 0.5) is 4.39 Å². The van der Waals surface area contributed by atoms with Crippen molar-refractivity contribution in [3.05, 3.63) is 53.6 Å². The highest BCUT2D eigenvalue weighted by Crippen LogP contribution is 2.25. The van der Waals surface area contributed by atoms with E-state index in [1.807, 2.05) is 19.1 Å². The number of nitrogens with one attached hydrogen (secondary N) is 1. The Kier molecular flexibility index (Phi) is 3.10. The fraction of sp³-hybridized carbons (Fsp3) is 0.154. The predicted molar refractivity (Wildman–Crippen MR) is 61.0 cm³/mol. The van der Waals surface area contributed by atoms with E-state index in [2.05, 4.69) is 4.98 Å². The van der Waals surface area contributed by atoms with Gasteiger partial charge in [0.15, 0.2) is 0 Å². The van der Waals surface area contributed by atoms with Crippen molar-refractivity contribution in [1.29, 1.82) is 5.26 Å². The van der Waals surface area contributed by atoms with Crippen molar-refractivity contribution < 1.29 is 9.13 Å². The van der Waals surface area contributed by atoms with Gasteiger partial charge in [-0.3, -0.25) is 0 Å². The lowest BCUT2D eigenvalue weighted by molar-refractivity contribution is 0.221. The Morgan fingerprint density at radius 3 is 2.82 bits per heavy atom. The molecular weight excluding hydrogens is 219 g/mol. The predicted octanol–water partition coefficient (Wildman–Crippen LogP) is 3.17. The van der Waals surface area contributed by atoms with Crippen LogP contribution in [0, 0.1) is 17.1 Å². The molecule has 3 nitrogen and oxygen atoms in total. The van der Waals surface area contributed by atoms with Gasteiger partial charge in [-0.15, -0.1) is 0 Å². The number of hydrogen-bond acceptors (Lipinski definition) is 2. The first-order chi connectivity index (χ1) is 8.22. The van der Waals surface area contributed by atoms with Crippen LogP contribution in [0.5, 0.6) is 5.75 Å². The molecule has 0 aliphatic rings. The fourth-order valence-electron chi connectivity index (χ4n) is 1.56. The molecule has 1 aromatic carbocycles. The number of aromatic amines is 1. The van der Waals surface area contributed by atoms with Crippen LogP contribution < -0.4 is 4.74 Å². The highest BCUT2D eigenvalue weighted by Gasteiger charge is 2.13. The van der Waals surface area contributed by atoms with Crippen molar-refractivity contribution in [3.63, 3.8) is 0 Å². The Hall–Kier alpha value is -2.28. The third-order valence-electron chi connectivity index (χ3n) is 2.45. The smallest absolute Gasteiger partial charge is 0.144 e. The summed E-state index contributed by atoms with van der Waals surface area (Å²) in [4.78, 5) is 3.01. The van der Waals surface area contributed by atoms with Crippen molar-refractivity contribution in [2.45, 2.75) is 13.0 Å². The Bertz CT molecular complexity index is 543. The summed E-state index contributed by atoms with van der Waals surface area (Å²) in [6.07, 6.45) is 1.52. The zero-order valence-corrected chi connectivity index (χ0v) is 9.27. The van der Waals surface area contributed by atoms with E-state index < -0.39 is 5.82 Å². The van der Waals surface area contributed by atoms with E-state index in [1.54, 1.807) is 18.3 Å². The molecule has 0 aliphatic carbocycles. The number of H-pyrrole nitrogens is 1. The normalized spacial score (nSPS) is 11.8. The summed E-state index contributed by atoms with van der Waals surface area (Å²) >= 11 is 0. The van der Waals surface area contributed by atoms with Crippen molar-refractivity contribution in [1.82, 2.24) is 4.98 Å². The van der Waals surface area contributed by atoms with Crippen LogP contribution in [0.25, 0.3) is 0 Å². The molecule has 4 heteroatoms. The van der Waals surface area contributed by atoms with Crippen molar-refractivity contribution in [3.8, 4) is 11.8 Å². The number of ether oxygens (including phenoxy) is 1. The first kappa shape index (κ1) is 11.2. The van der Waals surface area contributed by atoms with Gasteiger partial charge in [0.25, 0.3) is 0 Å². The first-order valence-corrected chi connectivity index (χ1v) is 5.21. The Morgan fingerprint density at radius 1 is 1.35 bits per heavy atom. The average Bonchev–Trinajstić information content (AvgIpc) is 2.82. The number of nitrogens with zero attached hydrogens (tertiary/aromatic N) is 1. The molecule has 0 saturated heterocycles. The number of nitriles is 1. The molecule has 86 valence electrons. The molecule has 1 atom stereocenters. The SMILES string of the molecule is CC(Oc1cccc(F)c1C#N)c1ccc[nH]1. The summed E-state index contributed by atoms with van der Waals surface area (Å²) in [5, 5.41) is 8.86. The molecule has 1 aromatic heterocycles. The lowest BCUT2D eigenvalue weighted by Crippen LogP contribution is -2.05. The van der Waals surface area contributed by atoms with Gasteiger partial charge in [-0.25, -0.2) is 4.39 Å². The van der Waals surface area contributed by atoms with Gasteiger partial charge in [0, 0.05) is 6.20 Å². The molecule has 0 amide bonds. The van der Waals surface area contributed by atoms with Crippen LogP contribution in [0.1, 0.15) is 24.3 Å². The average molecular weight is 230 g/mol. The standard InChI is InChI=1S/C13H11FN2O/c1-9(12-5-3-7-16-12)17-13-6-2-4-11(14)10(13)8-15/h2-7,9,16H,1H3. The summed E-state index contributed by atoms with van der Waals surface area (Å²) in [5.41, 5.74) is 0.809. The monoisotopic (exact) mass is 230 g/mol. The summed E-state index contributed by atoms with van der Waals surface area (Å²) in [5.74, 6) is -0.307. The maximum atomic E-state index is 13.3. The van der Waals surface area contributed by atoms with E-state index in [4.69, 9.17) is 10.00 Å². The van der Waals surface area contributed by atoms with E-state index in [0.717, 1.165) is 5.69 Å². The van der Waals surface area contributed by atoms with Gasteiger partial charge in [0.05, 0.1) is 5.69 Å². The zero-order valence-electron chi connectivity index (χ0n) is 9.27. The second kappa shape index (κ2) is 4.71.